The zero-order chi connectivity index (χ0) is 28.4. The van der Waals surface area contributed by atoms with Crippen LogP contribution in [-0.2, 0) is 6.54 Å². The van der Waals surface area contributed by atoms with Gasteiger partial charge in [-0.15, -0.1) is 18.3 Å². The van der Waals surface area contributed by atoms with Gasteiger partial charge < -0.3 is 19.8 Å². The Bertz CT molecular complexity index is 1280. The van der Waals surface area contributed by atoms with Crippen molar-refractivity contribution in [3.8, 4) is 17.2 Å². The molecule has 2 aliphatic rings. The summed E-state index contributed by atoms with van der Waals surface area (Å²) in [7, 11) is 0. The average Bonchev–Trinajstić information content (AvgIpc) is 3.36. The van der Waals surface area contributed by atoms with Crippen molar-refractivity contribution in [3.05, 3.63) is 47.7 Å². The van der Waals surface area contributed by atoms with E-state index in [-0.39, 0.29) is 11.8 Å². The number of piperidine rings is 1. The van der Waals surface area contributed by atoms with E-state index < -0.39 is 6.36 Å². The fourth-order valence-corrected chi connectivity index (χ4v) is 5.97. The fraction of sp³-hybridized carbons (Fsp3) is 0.536. The van der Waals surface area contributed by atoms with Gasteiger partial charge in [0.15, 0.2) is 0 Å². The molecule has 3 aromatic rings. The third-order valence-corrected chi connectivity index (χ3v) is 7.95. The lowest BCUT2D eigenvalue weighted by atomic mass is 9.95. The van der Waals surface area contributed by atoms with Gasteiger partial charge in [-0.2, -0.15) is 0 Å². The molecule has 2 N–H and O–H groups in total. The zero-order valence-corrected chi connectivity index (χ0v) is 23.1. The molecule has 0 aliphatic carbocycles. The minimum atomic E-state index is -4.67. The number of nitrogens with zero attached hydrogens (tertiary/aromatic N) is 6. The molecule has 0 radical (unpaired) electrons. The van der Waals surface area contributed by atoms with Crippen molar-refractivity contribution in [1.82, 2.24) is 25.0 Å². The number of alkyl halides is 3. The van der Waals surface area contributed by atoms with Crippen molar-refractivity contribution < 1.29 is 22.3 Å². The summed E-state index contributed by atoms with van der Waals surface area (Å²) in [4.78, 5) is 12.3. The number of pyridine rings is 1. The Labute approximate surface area is 232 Å². The SMILES string of the molecule is CC[C@H]1CN(c2ncc(-c3nnc(N)o3)cc2C)[C@H](C)CN1C1CCN(Cc2ccc(OC(F)(F)F)cc2)CC1. The molecule has 2 aliphatic heterocycles. The third kappa shape index (κ3) is 6.49. The molecule has 1 aromatic carbocycles. The van der Waals surface area contributed by atoms with Gasteiger partial charge in [-0.05, 0) is 75.5 Å². The van der Waals surface area contributed by atoms with E-state index in [1.807, 2.05) is 6.07 Å². The Morgan fingerprint density at radius 1 is 1.10 bits per heavy atom. The van der Waals surface area contributed by atoms with Crippen molar-refractivity contribution in [1.29, 1.82) is 0 Å². The van der Waals surface area contributed by atoms with Crippen molar-refractivity contribution in [2.45, 2.75) is 71.1 Å². The predicted octanol–water partition coefficient (Wildman–Crippen LogP) is 4.87. The number of aromatic nitrogens is 3. The summed E-state index contributed by atoms with van der Waals surface area (Å²) < 4.78 is 46.6. The van der Waals surface area contributed by atoms with Gasteiger partial charge in [-0.3, -0.25) is 9.80 Å². The molecule has 0 spiro atoms. The monoisotopic (exact) mass is 559 g/mol. The van der Waals surface area contributed by atoms with Crippen LogP contribution in [0, 0.1) is 6.92 Å². The summed E-state index contributed by atoms with van der Waals surface area (Å²) in [6.07, 6.45) is 0.278. The maximum atomic E-state index is 12.4. The number of hydrogen-bond donors (Lipinski definition) is 1. The summed E-state index contributed by atoms with van der Waals surface area (Å²) in [6, 6.07) is 9.46. The van der Waals surface area contributed by atoms with Crippen LogP contribution < -0.4 is 15.4 Å². The van der Waals surface area contributed by atoms with Gasteiger partial charge in [-0.25, -0.2) is 4.98 Å². The molecule has 2 aromatic heterocycles. The number of halogens is 3. The Balaban J connectivity index is 1.17. The summed E-state index contributed by atoms with van der Waals surface area (Å²) in [5.74, 6) is 1.15. The Kier molecular flexibility index (Phi) is 8.18. The van der Waals surface area contributed by atoms with Crippen LogP contribution in [0.25, 0.3) is 11.5 Å². The zero-order valence-electron chi connectivity index (χ0n) is 23.1. The highest BCUT2D eigenvalue weighted by Gasteiger charge is 2.37. The van der Waals surface area contributed by atoms with Crippen LogP contribution in [0.15, 0.2) is 40.9 Å². The normalized spacial score (nSPS) is 21.6. The quantitative estimate of drug-likeness (QED) is 0.435. The third-order valence-electron chi connectivity index (χ3n) is 7.95. The number of ether oxygens (including phenoxy) is 1. The Hall–Kier alpha value is -3.38. The molecule has 2 fully saturated rings. The first-order valence-corrected chi connectivity index (χ1v) is 13.7. The highest BCUT2D eigenvalue weighted by atomic mass is 19.4. The smallest absolute Gasteiger partial charge is 0.406 e. The molecule has 5 rings (SSSR count). The molecular weight excluding hydrogens is 523 g/mol. The van der Waals surface area contributed by atoms with E-state index in [4.69, 9.17) is 15.1 Å². The van der Waals surface area contributed by atoms with Crippen molar-refractivity contribution in [3.63, 3.8) is 0 Å². The fourth-order valence-electron chi connectivity index (χ4n) is 5.97. The minimum absolute atomic E-state index is 0.0340. The lowest BCUT2D eigenvalue weighted by molar-refractivity contribution is -0.274. The van der Waals surface area contributed by atoms with Crippen LogP contribution in [0.3, 0.4) is 0 Å². The van der Waals surface area contributed by atoms with Crippen LogP contribution >= 0.6 is 0 Å². The molecule has 2 atom stereocenters. The summed E-state index contributed by atoms with van der Waals surface area (Å²) in [6.45, 7) is 11.1. The first kappa shape index (κ1) is 28.2. The lowest BCUT2D eigenvalue weighted by Gasteiger charge is -2.50. The summed E-state index contributed by atoms with van der Waals surface area (Å²) in [5.41, 5.74) is 8.36. The first-order chi connectivity index (χ1) is 19.1. The molecule has 0 bridgehead atoms. The second-order valence-electron chi connectivity index (χ2n) is 10.8. The molecular formula is C28H36F3N7O2. The van der Waals surface area contributed by atoms with Gasteiger partial charge >= 0.3 is 12.4 Å². The van der Waals surface area contributed by atoms with Gasteiger partial charge in [0.25, 0.3) is 5.89 Å². The Morgan fingerprint density at radius 3 is 2.42 bits per heavy atom. The second kappa shape index (κ2) is 11.6. The number of aryl methyl sites for hydroxylation is 1. The van der Waals surface area contributed by atoms with Gasteiger partial charge in [0, 0.05) is 44.0 Å². The molecule has 0 unspecified atom stereocenters. The molecule has 9 nitrogen and oxygen atoms in total. The van der Waals surface area contributed by atoms with E-state index in [0.717, 1.165) is 74.5 Å². The summed E-state index contributed by atoms with van der Waals surface area (Å²) >= 11 is 0. The number of nitrogens with two attached hydrogens (primary N) is 1. The largest absolute Gasteiger partial charge is 0.573 e. The molecule has 216 valence electrons. The lowest BCUT2D eigenvalue weighted by Crippen LogP contribution is -2.61. The molecule has 2 saturated heterocycles. The van der Waals surface area contributed by atoms with E-state index >= 15 is 0 Å². The van der Waals surface area contributed by atoms with Gasteiger partial charge in [0.05, 0.1) is 5.56 Å². The van der Waals surface area contributed by atoms with Gasteiger partial charge in [0.2, 0.25) is 0 Å². The van der Waals surface area contributed by atoms with Gasteiger partial charge in [-0.1, -0.05) is 24.2 Å². The minimum Gasteiger partial charge on any atom is -0.406 e. The van der Waals surface area contributed by atoms with Crippen LogP contribution in [-0.4, -0.2) is 75.6 Å². The number of hydrogen-bond acceptors (Lipinski definition) is 9. The maximum absolute atomic E-state index is 12.4. The van der Waals surface area contributed by atoms with E-state index in [9.17, 15) is 13.2 Å². The number of anilines is 2. The summed E-state index contributed by atoms with van der Waals surface area (Å²) in [5, 5.41) is 7.70. The highest BCUT2D eigenvalue weighted by Crippen LogP contribution is 2.32. The Morgan fingerprint density at radius 2 is 1.82 bits per heavy atom. The standard InChI is InChI=1S/C28H36F3N7O2/c1-4-22-17-37(25-18(2)13-21(14-33-25)26-34-35-27(32)39-26)19(3)15-38(22)23-9-11-36(12-10-23)16-20-5-7-24(8-6-20)40-28(29,30)31/h5-8,13-14,19,22-23H,4,9-12,15-17H2,1-3H3,(H2,32,35)/t19-,22+/m1/s1. The topological polar surface area (TPSA) is 96.8 Å². The maximum Gasteiger partial charge on any atom is 0.573 e. The van der Waals surface area contributed by atoms with E-state index in [1.165, 1.54) is 12.1 Å². The van der Waals surface area contributed by atoms with Crippen LogP contribution in [0.2, 0.25) is 0 Å². The van der Waals surface area contributed by atoms with Crippen LogP contribution in [0.4, 0.5) is 25.0 Å². The molecule has 12 heteroatoms. The second-order valence-corrected chi connectivity index (χ2v) is 10.8. The van der Waals surface area contributed by atoms with Crippen LogP contribution in [0.5, 0.6) is 5.75 Å². The van der Waals surface area contributed by atoms with Crippen LogP contribution in [0.1, 0.15) is 44.2 Å². The highest BCUT2D eigenvalue weighted by molar-refractivity contribution is 5.59. The number of piperazine rings is 1. The van der Waals surface area contributed by atoms with E-state index in [2.05, 4.69) is 50.4 Å². The molecule has 40 heavy (non-hydrogen) atoms. The number of likely N-dealkylation sites (tertiary alicyclic amines) is 1. The number of rotatable bonds is 7. The number of benzene rings is 1. The first-order valence-electron chi connectivity index (χ1n) is 13.7. The molecule has 4 heterocycles. The molecule has 0 amide bonds. The van der Waals surface area contributed by atoms with Gasteiger partial charge in [0.1, 0.15) is 11.6 Å². The number of nitrogen functional groups attached to an aromatic ring is 1. The van der Waals surface area contributed by atoms with Crippen molar-refractivity contribution >= 4 is 11.8 Å². The van der Waals surface area contributed by atoms with E-state index in [0.29, 0.717) is 24.0 Å². The average molecular weight is 560 g/mol. The predicted molar refractivity (Wildman–Crippen MR) is 146 cm³/mol. The molecule has 0 saturated carbocycles. The van der Waals surface area contributed by atoms with E-state index in [1.54, 1.807) is 18.3 Å². The van der Waals surface area contributed by atoms with Crippen molar-refractivity contribution in [2.24, 2.45) is 0 Å². The van der Waals surface area contributed by atoms with Crippen molar-refractivity contribution in [2.75, 3.05) is 36.8 Å².